The Kier molecular flexibility index (Phi) is 5.10. The molecule has 0 spiro atoms. The van der Waals surface area contributed by atoms with Gasteiger partial charge in [0.05, 0.1) is 17.9 Å². The molecule has 0 aliphatic rings. The maximum Gasteiger partial charge on any atom is 0.0929 e. The first-order chi connectivity index (χ1) is 13.9. The number of rotatable bonds is 4. The molecule has 0 bridgehead atoms. The summed E-state index contributed by atoms with van der Waals surface area (Å²) >= 11 is 0. The Balaban J connectivity index is 1.83. The van der Waals surface area contributed by atoms with Crippen LogP contribution in [0.15, 0.2) is 66.7 Å². The Morgan fingerprint density at radius 1 is 0.655 bits per heavy atom. The van der Waals surface area contributed by atoms with Crippen molar-refractivity contribution in [2.24, 2.45) is 0 Å². The first-order valence-electron chi connectivity index (χ1n) is 10.2. The monoisotopic (exact) mass is 380 g/mol. The molecule has 4 aromatic rings. The summed E-state index contributed by atoms with van der Waals surface area (Å²) in [6.45, 7) is 11.5. The van der Waals surface area contributed by atoms with Crippen LogP contribution in [0.4, 0.5) is 0 Å². The van der Waals surface area contributed by atoms with Crippen molar-refractivity contribution in [3.63, 3.8) is 0 Å². The van der Waals surface area contributed by atoms with E-state index in [0.29, 0.717) is 0 Å². The van der Waals surface area contributed by atoms with E-state index in [9.17, 15) is 0 Å². The number of aryl methyl sites for hydroxylation is 5. The van der Waals surface area contributed by atoms with Gasteiger partial charge in [-0.3, -0.25) is 4.68 Å². The Morgan fingerprint density at radius 3 is 1.97 bits per heavy atom. The van der Waals surface area contributed by atoms with Crippen molar-refractivity contribution in [1.29, 1.82) is 0 Å². The Morgan fingerprint density at radius 2 is 1.31 bits per heavy atom. The van der Waals surface area contributed by atoms with Gasteiger partial charge in [0.15, 0.2) is 0 Å². The maximum atomic E-state index is 5.02. The van der Waals surface area contributed by atoms with E-state index in [2.05, 4.69) is 106 Å². The Bertz CT molecular complexity index is 1180. The van der Waals surface area contributed by atoms with E-state index in [1.165, 1.54) is 44.5 Å². The second-order valence-electron chi connectivity index (χ2n) is 8.16. The fourth-order valence-electron chi connectivity index (χ4n) is 3.70. The summed E-state index contributed by atoms with van der Waals surface area (Å²) < 4.78 is 2.14. The van der Waals surface area contributed by atoms with E-state index in [0.717, 1.165) is 17.9 Å². The third-order valence-corrected chi connectivity index (χ3v) is 5.80. The van der Waals surface area contributed by atoms with Crippen molar-refractivity contribution in [3.8, 4) is 22.5 Å². The quantitative estimate of drug-likeness (QED) is 0.380. The molecular formula is C27H28N2. The van der Waals surface area contributed by atoms with Gasteiger partial charge in [0.25, 0.3) is 0 Å². The molecular weight excluding hydrogens is 352 g/mol. The second-order valence-corrected chi connectivity index (χ2v) is 8.16. The highest BCUT2D eigenvalue weighted by Gasteiger charge is 2.13. The molecule has 146 valence electrons. The molecule has 2 nitrogen and oxygen atoms in total. The van der Waals surface area contributed by atoms with Crippen LogP contribution in [-0.2, 0) is 6.54 Å². The zero-order chi connectivity index (χ0) is 20.5. The van der Waals surface area contributed by atoms with Gasteiger partial charge in [-0.05, 0) is 80.6 Å². The Labute approximate surface area is 173 Å². The predicted molar refractivity (Wildman–Crippen MR) is 122 cm³/mol. The van der Waals surface area contributed by atoms with Gasteiger partial charge in [0, 0.05) is 11.1 Å². The molecule has 3 aromatic carbocycles. The van der Waals surface area contributed by atoms with Gasteiger partial charge in [0.2, 0.25) is 0 Å². The molecule has 0 fully saturated rings. The topological polar surface area (TPSA) is 17.8 Å². The summed E-state index contributed by atoms with van der Waals surface area (Å²) in [5, 5.41) is 5.02. The summed E-state index contributed by atoms with van der Waals surface area (Å²) in [7, 11) is 0. The largest absolute Gasteiger partial charge is 0.260 e. The van der Waals surface area contributed by atoms with Crippen molar-refractivity contribution < 1.29 is 0 Å². The van der Waals surface area contributed by atoms with Crippen molar-refractivity contribution in [1.82, 2.24) is 9.78 Å². The van der Waals surface area contributed by atoms with Crippen LogP contribution in [0.5, 0.6) is 0 Å². The van der Waals surface area contributed by atoms with E-state index >= 15 is 0 Å². The van der Waals surface area contributed by atoms with Gasteiger partial charge in [-0.1, -0.05) is 54.1 Å². The summed E-state index contributed by atoms with van der Waals surface area (Å²) in [5.74, 6) is 0. The average molecular weight is 381 g/mol. The molecule has 4 rings (SSSR count). The molecule has 0 amide bonds. The minimum Gasteiger partial charge on any atom is -0.260 e. The van der Waals surface area contributed by atoms with E-state index in [1.54, 1.807) is 0 Å². The standard InChI is InChI=1S/C27H28N2/c1-18-7-6-8-23(13-18)17-29-27(25-12-10-20(3)22(5)15-25)16-26(28-29)24-11-9-19(2)21(4)14-24/h6-16H,17H2,1-5H3. The van der Waals surface area contributed by atoms with Crippen LogP contribution in [0.25, 0.3) is 22.5 Å². The summed E-state index contributed by atoms with van der Waals surface area (Å²) in [6.07, 6.45) is 0. The van der Waals surface area contributed by atoms with Crippen molar-refractivity contribution in [3.05, 3.63) is 100 Å². The number of hydrogen-bond donors (Lipinski definition) is 0. The highest BCUT2D eigenvalue weighted by atomic mass is 15.3. The number of hydrogen-bond acceptors (Lipinski definition) is 1. The fraction of sp³-hybridized carbons (Fsp3) is 0.222. The molecule has 0 saturated carbocycles. The second kappa shape index (κ2) is 7.71. The van der Waals surface area contributed by atoms with Crippen LogP contribution in [0, 0.1) is 34.6 Å². The molecule has 0 saturated heterocycles. The third-order valence-electron chi connectivity index (χ3n) is 5.80. The van der Waals surface area contributed by atoms with Crippen molar-refractivity contribution in [2.45, 2.75) is 41.2 Å². The average Bonchev–Trinajstić information content (AvgIpc) is 3.10. The zero-order valence-corrected chi connectivity index (χ0v) is 18.0. The maximum absolute atomic E-state index is 5.02. The van der Waals surface area contributed by atoms with Gasteiger partial charge in [-0.25, -0.2) is 0 Å². The van der Waals surface area contributed by atoms with E-state index in [-0.39, 0.29) is 0 Å². The lowest BCUT2D eigenvalue weighted by Gasteiger charge is -2.10. The summed E-state index contributed by atoms with van der Waals surface area (Å²) in [4.78, 5) is 0. The smallest absolute Gasteiger partial charge is 0.0929 e. The first kappa shape index (κ1) is 19.2. The van der Waals surface area contributed by atoms with E-state index in [1.807, 2.05) is 0 Å². The summed E-state index contributed by atoms with van der Waals surface area (Å²) in [5.41, 5.74) is 12.3. The van der Waals surface area contributed by atoms with Crippen molar-refractivity contribution >= 4 is 0 Å². The van der Waals surface area contributed by atoms with Gasteiger partial charge in [-0.2, -0.15) is 5.10 Å². The van der Waals surface area contributed by atoms with Crippen LogP contribution in [0.3, 0.4) is 0 Å². The van der Waals surface area contributed by atoms with E-state index in [4.69, 9.17) is 5.10 Å². The third kappa shape index (κ3) is 4.02. The molecule has 0 atom stereocenters. The molecule has 1 heterocycles. The summed E-state index contributed by atoms with van der Waals surface area (Å²) in [6, 6.07) is 24.2. The molecule has 0 radical (unpaired) electrons. The minimum atomic E-state index is 0.759. The molecule has 0 aliphatic heterocycles. The lowest BCUT2D eigenvalue weighted by atomic mass is 10.0. The van der Waals surface area contributed by atoms with E-state index < -0.39 is 0 Å². The van der Waals surface area contributed by atoms with Crippen LogP contribution in [0.2, 0.25) is 0 Å². The SMILES string of the molecule is Cc1cccc(Cn2nc(-c3ccc(C)c(C)c3)cc2-c2ccc(C)c(C)c2)c1. The predicted octanol–water partition coefficient (Wildman–Crippen LogP) is 6.81. The molecule has 0 aliphatic carbocycles. The molecule has 1 aromatic heterocycles. The van der Waals surface area contributed by atoms with Gasteiger partial charge in [-0.15, -0.1) is 0 Å². The molecule has 0 unspecified atom stereocenters. The van der Waals surface area contributed by atoms with Crippen LogP contribution in [-0.4, -0.2) is 9.78 Å². The van der Waals surface area contributed by atoms with Crippen LogP contribution < -0.4 is 0 Å². The van der Waals surface area contributed by atoms with Crippen LogP contribution in [0.1, 0.15) is 33.4 Å². The highest BCUT2D eigenvalue weighted by Crippen LogP contribution is 2.29. The lowest BCUT2D eigenvalue weighted by Crippen LogP contribution is -2.04. The van der Waals surface area contributed by atoms with Gasteiger partial charge < -0.3 is 0 Å². The molecule has 2 heteroatoms. The van der Waals surface area contributed by atoms with Gasteiger partial charge in [0.1, 0.15) is 0 Å². The molecule has 0 N–H and O–H groups in total. The molecule has 29 heavy (non-hydrogen) atoms. The Hall–Kier alpha value is -3.13. The fourth-order valence-corrected chi connectivity index (χ4v) is 3.70. The first-order valence-corrected chi connectivity index (χ1v) is 10.2. The zero-order valence-electron chi connectivity index (χ0n) is 18.0. The minimum absolute atomic E-state index is 0.759. The number of benzene rings is 3. The normalized spacial score (nSPS) is 11.1. The van der Waals surface area contributed by atoms with Crippen LogP contribution >= 0.6 is 0 Å². The van der Waals surface area contributed by atoms with Crippen molar-refractivity contribution in [2.75, 3.05) is 0 Å². The lowest BCUT2D eigenvalue weighted by molar-refractivity contribution is 0.696. The van der Waals surface area contributed by atoms with Gasteiger partial charge >= 0.3 is 0 Å². The highest BCUT2D eigenvalue weighted by molar-refractivity contribution is 5.70. The number of nitrogens with zero attached hydrogens (tertiary/aromatic N) is 2. The number of aromatic nitrogens is 2.